The molecule has 0 spiro atoms. The number of para-hydroxylation sites is 1. The summed E-state index contributed by atoms with van der Waals surface area (Å²) in [5, 5.41) is 0. The molecule has 0 aliphatic carbocycles. The van der Waals surface area contributed by atoms with Gasteiger partial charge in [0, 0.05) is 24.2 Å². The van der Waals surface area contributed by atoms with Crippen molar-refractivity contribution in [3.63, 3.8) is 0 Å². The number of rotatable bonds is 3. The summed E-state index contributed by atoms with van der Waals surface area (Å²) in [6.07, 6.45) is 0.863. The Kier molecular flexibility index (Phi) is 3.29. The highest BCUT2D eigenvalue weighted by Gasteiger charge is 2.32. The highest BCUT2D eigenvalue weighted by molar-refractivity contribution is 5.51. The lowest BCUT2D eigenvalue weighted by Crippen LogP contribution is -2.24. The molecule has 2 aromatic rings. The summed E-state index contributed by atoms with van der Waals surface area (Å²) in [4.78, 5) is 8.59. The number of hydrogen-bond donors (Lipinski definition) is 1. The molecule has 21 heavy (non-hydrogen) atoms. The van der Waals surface area contributed by atoms with E-state index < -0.39 is 0 Å². The van der Waals surface area contributed by atoms with E-state index in [1.54, 1.807) is 0 Å². The van der Waals surface area contributed by atoms with Crippen LogP contribution in [0.1, 0.15) is 30.8 Å². The summed E-state index contributed by atoms with van der Waals surface area (Å²) in [5.41, 5.74) is 8.15. The van der Waals surface area contributed by atoms with Gasteiger partial charge < -0.3 is 15.2 Å². The lowest BCUT2D eigenvalue weighted by Gasteiger charge is -2.18. The predicted molar refractivity (Wildman–Crippen MR) is 79.6 cm³/mol. The van der Waals surface area contributed by atoms with Gasteiger partial charge in [0.1, 0.15) is 5.60 Å². The second kappa shape index (κ2) is 5.00. The molecule has 0 saturated heterocycles. The minimum Gasteiger partial charge on any atom is -0.483 e. The first-order chi connectivity index (χ1) is 9.97. The highest BCUT2D eigenvalue weighted by Crippen LogP contribution is 2.42. The van der Waals surface area contributed by atoms with E-state index in [2.05, 4.69) is 29.9 Å². The van der Waals surface area contributed by atoms with Crippen molar-refractivity contribution in [3.8, 4) is 17.5 Å². The van der Waals surface area contributed by atoms with E-state index in [4.69, 9.17) is 15.2 Å². The average molecular weight is 285 g/mol. The van der Waals surface area contributed by atoms with Gasteiger partial charge >= 0.3 is 6.01 Å². The molecule has 2 heterocycles. The Hall–Kier alpha value is -2.14. The van der Waals surface area contributed by atoms with Crippen LogP contribution in [0.5, 0.6) is 17.5 Å². The molecule has 110 valence electrons. The molecule has 0 atom stereocenters. The number of aromatic nitrogens is 2. The van der Waals surface area contributed by atoms with E-state index in [0.717, 1.165) is 29.1 Å². The normalized spacial score (nSPS) is 15.4. The maximum Gasteiger partial charge on any atom is 0.322 e. The lowest BCUT2D eigenvalue weighted by atomic mass is 10.0. The van der Waals surface area contributed by atoms with Gasteiger partial charge in [-0.3, -0.25) is 0 Å². The molecule has 1 aliphatic rings. The first-order valence-corrected chi connectivity index (χ1v) is 7.00. The Bertz CT molecular complexity index is 683. The standard InChI is InChI=1S/C16H19N3O2/c1-10-7-12(9-17)19-15(18-10)20-13-6-4-5-11-8-16(2,3)21-14(11)13/h4-7H,8-9,17H2,1-3H3. The predicted octanol–water partition coefficient (Wildman–Crippen LogP) is 2.75. The number of hydrogen-bond acceptors (Lipinski definition) is 5. The Morgan fingerprint density at radius 1 is 1.33 bits per heavy atom. The van der Waals surface area contributed by atoms with Gasteiger partial charge in [0.2, 0.25) is 0 Å². The van der Waals surface area contributed by atoms with Crippen LogP contribution in [0.2, 0.25) is 0 Å². The molecule has 0 saturated carbocycles. The minimum absolute atomic E-state index is 0.211. The number of aryl methyl sites for hydroxylation is 1. The number of ether oxygens (including phenoxy) is 2. The van der Waals surface area contributed by atoms with Gasteiger partial charge in [-0.1, -0.05) is 12.1 Å². The summed E-state index contributed by atoms with van der Waals surface area (Å²) in [6, 6.07) is 8.03. The average Bonchev–Trinajstić information content (AvgIpc) is 2.73. The third-order valence-electron chi connectivity index (χ3n) is 3.35. The van der Waals surface area contributed by atoms with Crippen molar-refractivity contribution in [2.75, 3.05) is 0 Å². The number of benzene rings is 1. The molecule has 1 aliphatic heterocycles. The van der Waals surface area contributed by atoms with Crippen LogP contribution in [-0.2, 0) is 13.0 Å². The van der Waals surface area contributed by atoms with Crippen LogP contribution in [0.25, 0.3) is 0 Å². The van der Waals surface area contributed by atoms with Crippen molar-refractivity contribution in [3.05, 3.63) is 41.2 Å². The molecule has 0 fully saturated rings. The first-order valence-electron chi connectivity index (χ1n) is 7.00. The van der Waals surface area contributed by atoms with Gasteiger partial charge in [-0.2, -0.15) is 4.98 Å². The molecule has 2 N–H and O–H groups in total. The molecule has 1 aromatic heterocycles. The van der Waals surface area contributed by atoms with Crippen LogP contribution in [0.3, 0.4) is 0 Å². The lowest BCUT2D eigenvalue weighted by molar-refractivity contribution is 0.134. The molecule has 0 amide bonds. The van der Waals surface area contributed by atoms with Gasteiger partial charge in [0.25, 0.3) is 0 Å². The van der Waals surface area contributed by atoms with Crippen molar-refractivity contribution < 1.29 is 9.47 Å². The maximum absolute atomic E-state index is 5.98. The number of fused-ring (bicyclic) bond motifs is 1. The van der Waals surface area contributed by atoms with Crippen molar-refractivity contribution in [2.24, 2.45) is 5.73 Å². The van der Waals surface area contributed by atoms with Crippen LogP contribution in [0.15, 0.2) is 24.3 Å². The van der Waals surface area contributed by atoms with Crippen molar-refractivity contribution in [1.82, 2.24) is 9.97 Å². The van der Waals surface area contributed by atoms with Crippen LogP contribution < -0.4 is 15.2 Å². The van der Waals surface area contributed by atoms with E-state index in [9.17, 15) is 0 Å². The Morgan fingerprint density at radius 3 is 2.90 bits per heavy atom. The van der Waals surface area contributed by atoms with E-state index in [1.807, 2.05) is 25.1 Å². The highest BCUT2D eigenvalue weighted by atomic mass is 16.5. The third-order valence-corrected chi connectivity index (χ3v) is 3.35. The smallest absolute Gasteiger partial charge is 0.322 e. The number of nitrogens with zero attached hydrogens (tertiary/aromatic N) is 2. The van der Waals surface area contributed by atoms with E-state index in [0.29, 0.717) is 18.3 Å². The quantitative estimate of drug-likeness (QED) is 0.939. The van der Waals surface area contributed by atoms with Crippen LogP contribution >= 0.6 is 0 Å². The molecule has 0 bridgehead atoms. The SMILES string of the molecule is Cc1cc(CN)nc(Oc2cccc3c2OC(C)(C)C3)n1. The van der Waals surface area contributed by atoms with Crippen LogP contribution in [0.4, 0.5) is 0 Å². The largest absolute Gasteiger partial charge is 0.483 e. The van der Waals surface area contributed by atoms with Gasteiger partial charge in [-0.05, 0) is 32.9 Å². The van der Waals surface area contributed by atoms with Gasteiger partial charge in [0.15, 0.2) is 11.5 Å². The fourth-order valence-electron chi connectivity index (χ4n) is 2.52. The van der Waals surface area contributed by atoms with Crippen LogP contribution in [0, 0.1) is 6.92 Å². The summed E-state index contributed by atoms with van der Waals surface area (Å²) in [7, 11) is 0. The number of nitrogens with two attached hydrogens (primary N) is 1. The molecule has 5 heteroatoms. The third kappa shape index (κ3) is 2.83. The van der Waals surface area contributed by atoms with Gasteiger partial charge in [-0.15, -0.1) is 0 Å². The van der Waals surface area contributed by atoms with E-state index >= 15 is 0 Å². The second-order valence-corrected chi connectivity index (χ2v) is 5.87. The zero-order valence-electron chi connectivity index (χ0n) is 12.5. The monoisotopic (exact) mass is 285 g/mol. The Labute approximate surface area is 124 Å². The summed E-state index contributed by atoms with van der Waals surface area (Å²) in [6.45, 7) is 6.37. The fraction of sp³-hybridized carbons (Fsp3) is 0.375. The Balaban J connectivity index is 1.94. The van der Waals surface area contributed by atoms with Crippen LogP contribution in [-0.4, -0.2) is 15.6 Å². The van der Waals surface area contributed by atoms with Crippen molar-refractivity contribution in [2.45, 2.75) is 39.3 Å². The summed E-state index contributed by atoms with van der Waals surface area (Å²) >= 11 is 0. The molecule has 0 unspecified atom stereocenters. The van der Waals surface area contributed by atoms with E-state index in [1.165, 1.54) is 0 Å². The maximum atomic E-state index is 5.98. The molecule has 1 aromatic carbocycles. The van der Waals surface area contributed by atoms with Gasteiger partial charge in [-0.25, -0.2) is 4.98 Å². The zero-order chi connectivity index (χ0) is 15.0. The van der Waals surface area contributed by atoms with Gasteiger partial charge in [0.05, 0.1) is 5.69 Å². The Morgan fingerprint density at radius 2 is 2.14 bits per heavy atom. The topological polar surface area (TPSA) is 70.3 Å². The molecular formula is C16H19N3O2. The first kappa shape index (κ1) is 13.8. The van der Waals surface area contributed by atoms with Crippen molar-refractivity contribution in [1.29, 1.82) is 0 Å². The molecule has 5 nitrogen and oxygen atoms in total. The van der Waals surface area contributed by atoms with E-state index in [-0.39, 0.29) is 5.60 Å². The minimum atomic E-state index is -0.211. The summed E-state index contributed by atoms with van der Waals surface area (Å²) in [5.74, 6) is 1.42. The summed E-state index contributed by atoms with van der Waals surface area (Å²) < 4.78 is 11.8. The molecule has 3 rings (SSSR count). The molecular weight excluding hydrogens is 266 g/mol. The second-order valence-electron chi connectivity index (χ2n) is 5.87. The zero-order valence-corrected chi connectivity index (χ0v) is 12.5. The molecule has 0 radical (unpaired) electrons. The fourth-order valence-corrected chi connectivity index (χ4v) is 2.52. The van der Waals surface area contributed by atoms with Crippen molar-refractivity contribution >= 4 is 0 Å².